The van der Waals surface area contributed by atoms with Crippen molar-refractivity contribution in [2.75, 3.05) is 16.8 Å². The van der Waals surface area contributed by atoms with E-state index in [1.807, 2.05) is 0 Å². The van der Waals surface area contributed by atoms with Gasteiger partial charge in [-0.3, -0.25) is 4.90 Å². The van der Waals surface area contributed by atoms with Crippen LogP contribution >= 0.6 is 0 Å². The Balaban J connectivity index is 1.49. The summed E-state index contributed by atoms with van der Waals surface area (Å²) in [5, 5.41) is -0.779. The molecule has 3 aromatic rings. The van der Waals surface area contributed by atoms with E-state index in [1.54, 1.807) is 17.7 Å². The zero-order chi connectivity index (χ0) is 26.5. The number of carbonyl (C=O) groups excluding carboxylic acids is 1. The Morgan fingerprint density at radius 1 is 1.08 bits per heavy atom. The number of halogens is 3. The van der Waals surface area contributed by atoms with E-state index in [1.165, 1.54) is 30.7 Å². The smallest absolute Gasteiger partial charge is 0.354 e. The van der Waals surface area contributed by atoms with Gasteiger partial charge >= 0.3 is 12.2 Å². The van der Waals surface area contributed by atoms with Crippen LogP contribution in [0, 0.1) is 0 Å². The predicted octanol–water partition coefficient (Wildman–Crippen LogP) is 1.20. The Kier molecular flexibility index (Phi) is 6.42. The van der Waals surface area contributed by atoms with Gasteiger partial charge in [-0.25, -0.2) is 14.8 Å². The van der Waals surface area contributed by atoms with E-state index in [0.29, 0.717) is 11.4 Å². The Morgan fingerprint density at radius 2 is 1.75 bits per heavy atom. The Hall–Kier alpha value is -3.31. The number of imidazole rings is 1. The number of hydrogen-bond acceptors (Lipinski definition) is 5. The highest BCUT2D eigenvalue weighted by Crippen LogP contribution is 2.31. The van der Waals surface area contributed by atoms with Gasteiger partial charge in [0.05, 0.1) is 62.9 Å². The molecular formula is C20H15B5F3N7O. The van der Waals surface area contributed by atoms with Crippen LogP contribution in [0.25, 0.3) is 5.69 Å². The second kappa shape index (κ2) is 8.97. The second-order valence-corrected chi connectivity index (χ2v) is 8.44. The van der Waals surface area contributed by atoms with Gasteiger partial charge in [0, 0.05) is 24.6 Å². The maximum Gasteiger partial charge on any atom is 0.416 e. The number of carbonyl (C=O) groups is 1. The lowest BCUT2D eigenvalue weighted by molar-refractivity contribution is -0.137. The van der Waals surface area contributed by atoms with Crippen LogP contribution in [0.5, 0.6) is 0 Å². The fourth-order valence-electron chi connectivity index (χ4n) is 3.76. The number of rotatable bonds is 6. The summed E-state index contributed by atoms with van der Waals surface area (Å²) in [5.74, 6) is 0.335. The number of nitrogens with one attached hydrogen (secondary N) is 1. The van der Waals surface area contributed by atoms with E-state index in [0.717, 1.165) is 21.9 Å². The van der Waals surface area contributed by atoms with Crippen LogP contribution in [0.15, 0.2) is 49.1 Å². The van der Waals surface area contributed by atoms with Gasteiger partial charge in [-0.2, -0.15) is 18.2 Å². The van der Waals surface area contributed by atoms with Gasteiger partial charge < -0.3 is 14.8 Å². The van der Waals surface area contributed by atoms with Gasteiger partial charge in [-0.05, 0) is 42.6 Å². The van der Waals surface area contributed by atoms with Gasteiger partial charge in [0.1, 0.15) is 5.82 Å². The topological polar surface area (TPSA) is 79.2 Å². The van der Waals surface area contributed by atoms with Crippen LogP contribution < -0.4 is 10.2 Å². The molecule has 2 aromatic heterocycles. The normalized spacial score (nSPS) is 16.8. The molecule has 8 nitrogen and oxygen atoms in total. The quantitative estimate of drug-likeness (QED) is 0.537. The third-order valence-electron chi connectivity index (χ3n) is 5.44. The van der Waals surface area contributed by atoms with Crippen molar-refractivity contribution in [2.45, 2.75) is 29.7 Å². The number of anilines is 2. The Morgan fingerprint density at radius 3 is 2.33 bits per heavy atom. The number of benzene rings is 1. The third kappa shape index (κ3) is 5.12. The van der Waals surface area contributed by atoms with Crippen molar-refractivity contribution in [1.29, 1.82) is 0 Å². The summed E-state index contributed by atoms with van der Waals surface area (Å²) in [5.41, 5.74) is 0.330. The number of nitrogens with zero attached hydrogens (tertiary/aromatic N) is 6. The maximum absolute atomic E-state index is 12.8. The van der Waals surface area contributed by atoms with Crippen LogP contribution in [0.4, 0.5) is 29.7 Å². The fourth-order valence-corrected chi connectivity index (χ4v) is 3.76. The van der Waals surface area contributed by atoms with E-state index < -0.39 is 34.4 Å². The molecule has 10 radical (unpaired) electrons. The zero-order valence-electron chi connectivity index (χ0n) is 19.0. The Bertz CT molecular complexity index is 1260. The van der Waals surface area contributed by atoms with Crippen LogP contribution in [-0.2, 0) is 6.18 Å². The van der Waals surface area contributed by atoms with Gasteiger partial charge in [0.15, 0.2) is 0 Å². The highest BCUT2D eigenvalue weighted by Gasteiger charge is 2.47. The minimum Gasteiger partial charge on any atom is -0.354 e. The molecule has 1 atom stereocenters. The predicted molar refractivity (Wildman–Crippen MR) is 131 cm³/mol. The molecular weight excluding hydrogens is 465 g/mol. The number of hydrogen-bond donors (Lipinski definition) is 1. The largest absolute Gasteiger partial charge is 0.416 e. The minimum absolute atomic E-state index is 0.162. The molecule has 1 aromatic carbocycles. The van der Waals surface area contributed by atoms with Crippen molar-refractivity contribution in [3.63, 3.8) is 0 Å². The average Bonchev–Trinajstić information content (AvgIpc) is 3.35. The first-order chi connectivity index (χ1) is 16.7. The van der Waals surface area contributed by atoms with Gasteiger partial charge in [0.25, 0.3) is 0 Å². The van der Waals surface area contributed by atoms with Crippen molar-refractivity contribution >= 4 is 57.0 Å². The summed E-state index contributed by atoms with van der Waals surface area (Å²) in [7, 11) is 28.9. The molecule has 4 rings (SSSR count). The van der Waals surface area contributed by atoms with Gasteiger partial charge in [-0.15, -0.1) is 0 Å². The van der Waals surface area contributed by atoms with E-state index in [-0.39, 0.29) is 18.3 Å². The first-order valence-corrected chi connectivity index (χ1v) is 10.5. The lowest BCUT2D eigenvalue weighted by atomic mass is 9.45. The van der Waals surface area contributed by atoms with Crippen LogP contribution in [0.3, 0.4) is 0 Å². The molecule has 172 valence electrons. The molecule has 0 aliphatic carbocycles. The third-order valence-corrected chi connectivity index (χ3v) is 5.44. The van der Waals surface area contributed by atoms with Crippen molar-refractivity contribution in [3.8, 4) is 5.69 Å². The average molecular weight is 480 g/mol. The second-order valence-electron chi connectivity index (χ2n) is 8.44. The van der Waals surface area contributed by atoms with Crippen molar-refractivity contribution < 1.29 is 18.0 Å². The van der Waals surface area contributed by atoms with E-state index >= 15 is 0 Å². The first kappa shape index (κ1) is 25.8. The summed E-state index contributed by atoms with van der Waals surface area (Å²) in [4.78, 5) is 27.5. The molecule has 1 aliphatic rings. The van der Waals surface area contributed by atoms with Crippen LogP contribution in [0.2, 0.25) is 0 Å². The monoisotopic (exact) mass is 481 g/mol. The molecule has 1 saturated heterocycles. The minimum atomic E-state index is -4.42. The molecule has 3 heterocycles. The summed E-state index contributed by atoms with van der Waals surface area (Å²) in [6.07, 6.45) is 0.142. The molecule has 1 N–H and O–H groups in total. The lowest BCUT2D eigenvalue weighted by Crippen LogP contribution is -2.62. The number of aromatic nitrogens is 4. The summed E-state index contributed by atoms with van der Waals surface area (Å²) < 4.78 is 40.0. The molecule has 36 heavy (non-hydrogen) atoms. The van der Waals surface area contributed by atoms with Gasteiger partial charge in [-0.1, -0.05) is 5.24 Å². The van der Waals surface area contributed by atoms with Crippen molar-refractivity contribution in [2.24, 2.45) is 0 Å². The lowest BCUT2D eigenvalue weighted by Gasteiger charge is -2.43. The zero-order valence-corrected chi connectivity index (χ0v) is 19.0. The number of urea groups is 1. The summed E-state index contributed by atoms with van der Waals surface area (Å²) >= 11 is 0. The molecule has 0 bridgehead atoms. The molecule has 0 saturated carbocycles. The summed E-state index contributed by atoms with van der Waals surface area (Å²) in [6.45, 7) is 1.59. The van der Waals surface area contributed by atoms with Crippen molar-refractivity contribution in [1.82, 2.24) is 24.4 Å². The van der Waals surface area contributed by atoms with Crippen LogP contribution in [0.1, 0.15) is 24.2 Å². The molecule has 1 fully saturated rings. The SMILES string of the molecule is [B]C([B])([B])N1C(=O)N(c2ccnc(NC(C)c3cn(-c4ccc(C(F)(F)F)cc4)cn3)n2)CC1([B])[B]. The first-order valence-electron chi connectivity index (χ1n) is 10.5. The molecule has 2 amide bonds. The highest BCUT2D eigenvalue weighted by atomic mass is 19.4. The van der Waals surface area contributed by atoms with Crippen molar-refractivity contribution in [3.05, 3.63) is 60.3 Å². The molecule has 1 unspecified atom stereocenters. The molecule has 1 aliphatic heterocycles. The Labute approximate surface area is 212 Å². The molecule has 0 spiro atoms. The van der Waals surface area contributed by atoms with E-state index in [4.69, 9.17) is 39.2 Å². The standard InChI is InChI=1S/C20H15B5F3N7O/c1-11(14-8-33(10-30-14)13-4-2-12(3-5-13)19(26,27)28)31-16-29-7-6-15(32-16)34-9-18(21,22)35(17(34)36)20(23,24)25/h2-8,10-11H,9H2,1H3,(H,29,31,32). The fraction of sp³-hybridized carbons (Fsp3) is 0.300. The van der Waals surface area contributed by atoms with Crippen LogP contribution in [-0.4, -0.2) is 86.8 Å². The maximum atomic E-state index is 12.8. The number of alkyl halides is 3. The van der Waals surface area contributed by atoms with Gasteiger partial charge in [0.2, 0.25) is 5.95 Å². The highest BCUT2D eigenvalue weighted by molar-refractivity contribution is 6.61. The van der Waals surface area contributed by atoms with E-state index in [2.05, 4.69) is 20.3 Å². The summed E-state index contributed by atoms with van der Waals surface area (Å²) in [6, 6.07) is 5.02. The van der Waals surface area contributed by atoms with E-state index in [9.17, 15) is 18.0 Å². The number of amides is 2. The molecule has 16 heteroatoms.